The lowest BCUT2D eigenvalue weighted by Crippen LogP contribution is -2.33. The van der Waals surface area contributed by atoms with Crippen LogP contribution in [0.4, 0.5) is 0 Å². The van der Waals surface area contributed by atoms with Crippen molar-refractivity contribution in [3.05, 3.63) is 89.7 Å². The molecule has 0 fully saturated rings. The zero-order valence-corrected chi connectivity index (χ0v) is 15.2. The lowest BCUT2D eigenvalue weighted by atomic mass is 10.1. The van der Waals surface area contributed by atoms with Crippen LogP contribution in [0.15, 0.2) is 73.1 Å². The zero-order valence-electron chi connectivity index (χ0n) is 15.2. The Labute approximate surface area is 155 Å². The molecule has 0 aliphatic carbocycles. The van der Waals surface area contributed by atoms with Gasteiger partial charge in [0.05, 0.1) is 6.20 Å². The molecule has 134 valence electrons. The van der Waals surface area contributed by atoms with Gasteiger partial charge < -0.3 is 4.90 Å². The van der Waals surface area contributed by atoms with E-state index in [-0.39, 0.29) is 5.91 Å². The van der Waals surface area contributed by atoms with Crippen LogP contribution < -0.4 is 0 Å². The van der Waals surface area contributed by atoms with Gasteiger partial charge in [0.15, 0.2) is 0 Å². The third-order valence-corrected chi connectivity index (χ3v) is 4.40. The topological polar surface area (TPSA) is 38.1 Å². The van der Waals surface area contributed by atoms with E-state index in [1.807, 2.05) is 65.3 Å². The van der Waals surface area contributed by atoms with E-state index in [1.54, 1.807) is 0 Å². The fourth-order valence-corrected chi connectivity index (χ4v) is 2.96. The van der Waals surface area contributed by atoms with Crippen molar-refractivity contribution in [2.24, 2.45) is 0 Å². The van der Waals surface area contributed by atoms with Crippen LogP contribution in [0.3, 0.4) is 0 Å². The molecule has 0 aliphatic heterocycles. The molecule has 1 amide bonds. The minimum atomic E-state index is 0.165. The van der Waals surface area contributed by atoms with E-state index in [9.17, 15) is 4.79 Å². The standard InChI is InChI=1S/C22H25N3O/c1-19-16-23-25(17-19)15-13-22(26)24(18-21-10-6-3-7-11-21)14-12-20-8-4-2-5-9-20/h2-11,16-17H,12-15,18H2,1H3. The number of benzene rings is 2. The van der Waals surface area contributed by atoms with Crippen LogP contribution in [0.5, 0.6) is 0 Å². The van der Waals surface area contributed by atoms with Gasteiger partial charge in [-0.1, -0.05) is 60.7 Å². The smallest absolute Gasteiger partial charge is 0.224 e. The summed E-state index contributed by atoms with van der Waals surface area (Å²) < 4.78 is 1.84. The number of aryl methyl sites for hydroxylation is 2. The molecule has 0 unspecified atom stereocenters. The minimum absolute atomic E-state index is 0.165. The van der Waals surface area contributed by atoms with Crippen molar-refractivity contribution in [1.29, 1.82) is 0 Å². The van der Waals surface area contributed by atoms with Crippen LogP contribution in [0.25, 0.3) is 0 Å². The van der Waals surface area contributed by atoms with Crippen LogP contribution in [0, 0.1) is 6.92 Å². The van der Waals surface area contributed by atoms with Gasteiger partial charge >= 0.3 is 0 Å². The second-order valence-corrected chi connectivity index (χ2v) is 6.57. The Morgan fingerprint density at radius 2 is 1.65 bits per heavy atom. The number of aromatic nitrogens is 2. The maximum absolute atomic E-state index is 12.8. The first-order valence-corrected chi connectivity index (χ1v) is 9.05. The summed E-state index contributed by atoms with van der Waals surface area (Å²) in [6.07, 6.45) is 5.11. The Kier molecular flexibility index (Phi) is 6.20. The van der Waals surface area contributed by atoms with Crippen LogP contribution in [0.1, 0.15) is 23.1 Å². The van der Waals surface area contributed by atoms with Crippen molar-refractivity contribution in [2.75, 3.05) is 6.54 Å². The molecule has 0 saturated heterocycles. The van der Waals surface area contributed by atoms with Gasteiger partial charge in [-0.05, 0) is 30.0 Å². The van der Waals surface area contributed by atoms with E-state index in [1.165, 1.54) is 5.56 Å². The van der Waals surface area contributed by atoms with Crippen LogP contribution >= 0.6 is 0 Å². The predicted octanol–water partition coefficient (Wildman–Crippen LogP) is 3.85. The first-order chi connectivity index (χ1) is 12.7. The normalized spacial score (nSPS) is 10.7. The summed E-state index contributed by atoms with van der Waals surface area (Å²) >= 11 is 0. The lowest BCUT2D eigenvalue weighted by molar-refractivity contribution is -0.132. The number of rotatable bonds is 8. The molecule has 1 heterocycles. The third-order valence-electron chi connectivity index (χ3n) is 4.40. The third kappa shape index (κ3) is 5.31. The molecule has 0 spiro atoms. The maximum Gasteiger partial charge on any atom is 0.224 e. The summed E-state index contributed by atoms with van der Waals surface area (Å²) in [4.78, 5) is 14.8. The van der Waals surface area contributed by atoms with Crippen molar-refractivity contribution >= 4 is 5.91 Å². The molecule has 2 aromatic carbocycles. The fraction of sp³-hybridized carbons (Fsp3) is 0.273. The molecule has 4 nitrogen and oxygen atoms in total. The van der Waals surface area contributed by atoms with Crippen LogP contribution in [0.2, 0.25) is 0 Å². The van der Waals surface area contributed by atoms with Crippen molar-refractivity contribution in [2.45, 2.75) is 32.9 Å². The average Bonchev–Trinajstić information content (AvgIpc) is 3.10. The molecule has 3 rings (SSSR count). The Hall–Kier alpha value is -2.88. The molecular formula is C22H25N3O. The number of nitrogens with zero attached hydrogens (tertiary/aromatic N) is 3. The maximum atomic E-state index is 12.8. The SMILES string of the molecule is Cc1cnn(CCC(=O)N(CCc2ccccc2)Cc2ccccc2)c1. The molecule has 3 aromatic rings. The second-order valence-electron chi connectivity index (χ2n) is 6.57. The molecule has 26 heavy (non-hydrogen) atoms. The van der Waals surface area contributed by atoms with Gasteiger partial charge in [0, 0.05) is 32.3 Å². The molecule has 1 aromatic heterocycles. The summed E-state index contributed by atoms with van der Waals surface area (Å²) in [6.45, 7) is 3.98. The van der Waals surface area contributed by atoms with Crippen molar-refractivity contribution in [3.63, 3.8) is 0 Å². The number of hydrogen-bond acceptors (Lipinski definition) is 2. The Balaban J connectivity index is 1.63. The van der Waals surface area contributed by atoms with E-state index >= 15 is 0 Å². The molecule has 0 atom stereocenters. The molecule has 0 N–H and O–H groups in total. The van der Waals surface area contributed by atoms with Gasteiger partial charge in [0.25, 0.3) is 0 Å². The van der Waals surface area contributed by atoms with E-state index in [2.05, 4.69) is 29.4 Å². The summed E-state index contributed by atoms with van der Waals surface area (Å²) in [5.74, 6) is 0.165. The Morgan fingerprint density at radius 1 is 1.00 bits per heavy atom. The van der Waals surface area contributed by atoms with Gasteiger partial charge in [0.2, 0.25) is 5.91 Å². The highest BCUT2D eigenvalue weighted by Crippen LogP contribution is 2.09. The van der Waals surface area contributed by atoms with Gasteiger partial charge in [-0.2, -0.15) is 5.10 Å². The number of amides is 1. The Morgan fingerprint density at radius 3 is 2.27 bits per heavy atom. The predicted molar refractivity (Wildman–Crippen MR) is 104 cm³/mol. The van der Waals surface area contributed by atoms with E-state index in [0.29, 0.717) is 19.5 Å². The number of carbonyl (C=O) groups is 1. The largest absolute Gasteiger partial charge is 0.338 e. The fourth-order valence-electron chi connectivity index (χ4n) is 2.96. The molecular weight excluding hydrogens is 322 g/mol. The van der Waals surface area contributed by atoms with Crippen molar-refractivity contribution < 1.29 is 4.79 Å². The van der Waals surface area contributed by atoms with Gasteiger partial charge in [-0.3, -0.25) is 9.48 Å². The first kappa shape index (κ1) is 17.9. The summed E-state index contributed by atoms with van der Waals surface area (Å²) in [5, 5.41) is 4.27. The zero-order chi connectivity index (χ0) is 18.2. The van der Waals surface area contributed by atoms with Gasteiger partial charge in [0.1, 0.15) is 0 Å². The molecule has 0 bridgehead atoms. The first-order valence-electron chi connectivity index (χ1n) is 9.05. The highest BCUT2D eigenvalue weighted by molar-refractivity contribution is 5.76. The highest BCUT2D eigenvalue weighted by Gasteiger charge is 2.14. The Bertz CT molecular complexity index is 812. The lowest BCUT2D eigenvalue weighted by Gasteiger charge is -2.23. The number of carbonyl (C=O) groups excluding carboxylic acids is 1. The monoisotopic (exact) mass is 347 g/mol. The molecule has 0 radical (unpaired) electrons. The van der Waals surface area contributed by atoms with E-state index in [4.69, 9.17) is 0 Å². The average molecular weight is 347 g/mol. The number of hydrogen-bond donors (Lipinski definition) is 0. The quantitative estimate of drug-likeness (QED) is 0.621. The van der Waals surface area contributed by atoms with E-state index < -0.39 is 0 Å². The van der Waals surface area contributed by atoms with Gasteiger partial charge in [-0.25, -0.2) is 0 Å². The highest BCUT2D eigenvalue weighted by atomic mass is 16.2. The summed E-state index contributed by atoms with van der Waals surface area (Å²) in [5.41, 5.74) is 3.52. The second kappa shape index (κ2) is 8.99. The van der Waals surface area contributed by atoms with Crippen molar-refractivity contribution in [3.8, 4) is 0 Å². The summed E-state index contributed by atoms with van der Waals surface area (Å²) in [7, 11) is 0. The molecule has 4 heteroatoms. The van der Waals surface area contributed by atoms with E-state index in [0.717, 1.165) is 24.1 Å². The molecule has 0 saturated carbocycles. The van der Waals surface area contributed by atoms with Crippen LogP contribution in [-0.2, 0) is 24.3 Å². The van der Waals surface area contributed by atoms with Crippen LogP contribution in [-0.4, -0.2) is 27.1 Å². The summed E-state index contributed by atoms with van der Waals surface area (Å²) in [6, 6.07) is 20.5. The van der Waals surface area contributed by atoms with Gasteiger partial charge in [-0.15, -0.1) is 0 Å². The van der Waals surface area contributed by atoms with Crippen molar-refractivity contribution in [1.82, 2.24) is 14.7 Å². The minimum Gasteiger partial charge on any atom is -0.338 e. The molecule has 0 aliphatic rings.